The number of hydrogen-bond donors (Lipinski definition) is 1. The Morgan fingerprint density at radius 3 is 2.70 bits per heavy atom. The Morgan fingerprint density at radius 1 is 1.12 bits per heavy atom. The molecule has 170 valence electrons. The maximum atomic E-state index is 13.4. The van der Waals surface area contributed by atoms with Crippen LogP contribution in [-0.4, -0.2) is 41.3 Å². The normalized spacial score (nSPS) is 20.2. The molecular weight excluding hydrogens is 462 g/mol. The molecule has 3 heterocycles. The van der Waals surface area contributed by atoms with Gasteiger partial charge in [0, 0.05) is 22.3 Å². The fourth-order valence-corrected chi connectivity index (χ4v) is 4.72. The number of nitrogens with zero attached hydrogens (tertiary/aromatic N) is 2. The van der Waals surface area contributed by atoms with Crippen molar-refractivity contribution in [2.45, 2.75) is 30.3 Å². The van der Waals surface area contributed by atoms with E-state index in [0.29, 0.717) is 35.8 Å². The van der Waals surface area contributed by atoms with E-state index in [-0.39, 0.29) is 17.6 Å². The number of urea groups is 1. The molecule has 2 aromatic carbocycles. The van der Waals surface area contributed by atoms with Gasteiger partial charge in [-0.1, -0.05) is 23.7 Å². The number of thioether (sulfide) groups is 1. The Kier molecular flexibility index (Phi) is 5.58. The van der Waals surface area contributed by atoms with Gasteiger partial charge in [-0.3, -0.25) is 9.69 Å². The summed E-state index contributed by atoms with van der Waals surface area (Å²) >= 11 is 8.06. The predicted octanol–water partition coefficient (Wildman–Crippen LogP) is 4.74. The number of pyridine rings is 1. The molecule has 3 aromatic rings. The maximum absolute atomic E-state index is 13.4. The van der Waals surface area contributed by atoms with E-state index < -0.39 is 11.6 Å². The van der Waals surface area contributed by atoms with Crippen LogP contribution >= 0.6 is 23.4 Å². The lowest BCUT2D eigenvalue weighted by Crippen LogP contribution is -2.40. The van der Waals surface area contributed by atoms with Crippen molar-refractivity contribution in [1.29, 1.82) is 0 Å². The molecule has 1 atom stereocenters. The van der Waals surface area contributed by atoms with Gasteiger partial charge in [-0.2, -0.15) is 0 Å². The Balaban J connectivity index is 1.44. The second-order valence-corrected chi connectivity index (χ2v) is 9.39. The lowest BCUT2D eigenvalue weighted by Gasteiger charge is -2.23. The lowest BCUT2D eigenvalue weighted by atomic mass is 9.91. The maximum Gasteiger partial charge on any atom is 0.325 e. The zero-order valence-electron chi connectivity index (χ0n) is 18.2. The summed E-state index contributed by atoms with van der Waals surface area (Å²) in [5, 5.41) is 4.00. The van der Waals surface area contributed by atoms with Gasteiger partial charge in [-0.25, -0.2) is 9.78 Å². The van der Waals surface area contributed by atoms with Gasteiger partial charge in [0.1, 0.15) is 10.7 Å². The van der Waals surface area contributed by atoms with E-state index in [1.54, 1.807) is 36.9 Å². The Morgan fingerprint density at radius 2 is 1.91 bits per heavy atom. The van der Waals surface area contributed by atoms with Gasteiger partial charge in [0.2, 0.25) is 0 Å². The Hall–Kier alpha value is -2.97. The van der Waals surface area contributed by atoms with E-state index in [1.165, 1.54) is 4.90 Å². The number of amides is 3. The molecule has 0 saturated carbocycles. The smallest absolute Gasteiger partial charge is 0.325 e. The highest BCUT2D eigenvalue weighted by Gasteiger charge is 2.49. The molecule has 1 saturated heterocycles. The van der Waals surface area contributed by atoms with Gasteiger partial charge in [-0.05, 0) is 49.1 Å². The third-order valence-electron chi connectivity index (χ3n) is 5.98. The second kappa shape index (κ2) is 8.43. The van der Waals surface area contributed by atoms with E-state index in [2.05, 4.69) is 10.3 Å². The molecule has 9 heteroatoms. The molecule has 3 amide bonds. The third kappa shape index (κ3) is 3.87. The van der Waals surface area contributed by atoms with Crippen LogP contribution in [0, 0.1) is 0 Å². The minimum absolute atomic E-state index is 0.0247. The molecule has 0 radical (unpaired) electrons. The van der Waals surface area contributed by atoms with Crippen LogP contribution in [-0.2, 0) is 16.9 Å². The highest BCUT2D eigenvalue weighted by Crippen LogP contribution is 2.37. The second-order valence-electron chi connectivity index (χ2n) is 8.16. The van der Waals surface area contributed by atoms with Crippen molar-refractivity contribution in [1.82, 2.24) is 15.2 Å². The molecule has 0 bridgehead atoms. The first kappa shape index (κ1) is 21.9. The van der Waals surface area contributed by atoms with E-state index in [1.807, 2.05) is 30.5 Å². The van der Waals surface area contributed by atoms with Gasteiger partial charge < -0.3 is 14.8 Å². The molecule has 0 spiro atoms. The summed E-state index contributed by atoms with van der Waals surface area (Å²) in [6.07, 6.45) is 2.78. The van der Waals surface area contributed by atoms with Crippen molar-refractivity contribution in [2.75, 3.05) is 19.5 Å². The van der Waals surface area contributed by atoms with E-state index in [0.717, 1.165) is 22.2 Å². The van der Waals surface area contributed by atoms with Crippen LogP contribution in [0.1, 0.15) is 24.5 Å². The third-order valence-corrected chi connectivity index (χ3v) is 7.03. The van der Waals surface area contributed by atoms with Crippen LogP contribution in [0.5, 0.6) is 11.5 Å². The first-order chi connectivity index (χ1) is 15.9. The first-order valence-corrected chi connectivity index (χ1v) is 12.2. The molecule has 1 N–H and O–H groups in total. The SMILES string of the molecule is CSc1ccc2cc(CN3C(=O)NC(C)(c4ccc5c(c4)OCCCO5)C3=O)c(Cl)nc2c1. The highest BCUT2D eigenvalue weighted by atomic mass is 35.5. The van der Waals surface area contributed by atoms with E-state index in [9.17, 15) is 9.59 Å². The minimum atomic E-state index is -1.23. The number of carbonyl (C=O) groups excluding carboxylic acids is 2. The topological polar surface area (TPSA) is 80.8 Å². The molecule has 33 heavy (non-hydrogen) atoms. The summed E-state index contributed by atoms with van der Waals surface area (Å²) in [5.74, 6) is 0.834. The summed E-state index contributed by atoms with van der Waals surface area (Å²) < 4.78 is 11.4. The Bertz CT molecular complexity index is 1280. The molecule has 1 aromatic heterocycles. The quantitative estimate of drug-likeness (QED) is 0.328. The summed E-state index contributed by atoms with van der Waals surface area (Å²) in [6.45, 7) is 2.82. The number of imide groups is 1. The fraction of sp³-hybridized carbons (Fsp3) is 0.292. The number of ether oxygens (including phenoxy) is 2. The van der Waals surface area contributed by atoms with Gasteiger partial charge >= 0.3 is 6.03 Å². The summed E-state index contributed by atoms with van der Waals surface area (Å²) in [6, 6.07) is 12.6. The van der Waals surface area contributed by atoms with Crippen molar-refractivity contribution in [2.24, 2.45) is 0 Å². The fourth-order valence-electron chi connectivity index (χ4n) is 4.09. The Labute approximate surface area is 200 Å². The number of carbonyl (C=O) groups is 2. The molecule has 7 nitrogen and oxygen atoms in total. The van der Waals surface area contributed by atoms with Gasteiger partial charge in [0.05, 0.1) is 25.3 Å². The average molecular weight is 484 g/mol. The van der Waals surface area contributed by atoms with E-state index in [4.69, 9.17) is 21.1 Å². The van der Waals surface area contributed by atoms with Crippen molar-refractivity contribution in [3.05, 3.63) is 58.7 Å². The number of nitrogens with one attached hydrogen (secondary N) is 1. The van der Waals surface area contributed by atoms with Crippen molar-refractivity contribution < 1.29 is 19.1 Å². The number of hydrogen-bond acceptors (Lipinski definition) is 6. The number of fused-ring (bicyclic) bond motifs is 2. The number of benzene rings is 2. The first-order valence-electron chi connectivity index (χ1n) is 10.6. The van der Waals surface area contributed by atoms with Crippen molar-refractivity contribution in [3.8, 4) is 11.5 Å². The number of halogens is 1. The van der Waals surface area contributed by atoms with Crippen LogP contribution < -0.4 is 14.8 Å². The van der Waals surface area contributed by atoms with Crippen LogP contribution in [0.3, 0.4) is 0 Å². The van der Waals surface area contributed by atoms with Crippen LogP contribution in [0.4, 0.5) is 4.79 Å². The van der Waals surface area contributed by atoms with Crippen LogP contribution in [0.15, 0.2) is 47.4 Å². The van der Waals surface area contributed by atoms with Crippen molar-refractivity contribution >= 4 is 46.2 Å². The van der Waals surface area contributed by atoms with E-state index >= 15 is 0 Å². The molecule has 5 rings (SSSR count). The standard InChI is InChI=1S/C24H22ClN3O4S/c1-24(16-5-7-19-20(11-16)32-9-3-8-31-19)22(29)28(23(30)27-24)13-15-10-14-4-6-17(33-2)12-18(14)26-21(15)25/h4-7,10-12H,3,8-9,13H2,1-2H3,(H,27,30). The van der Waals surface area contributed by atoms with Gasteiger partial charge in [0.25, 0.3) is 5.91 Å². The molecule has 2 aliphatic heterocycles. The largest absolute Gasteiger partial charge is 0.490 e. The summed E-state index contributed by atoms with van der Waals surface area (Å²) in [7, 11) is 0. The molecule has 0 aliphatic carbocycles. The molecule has 2 aliphatic rings. The van der Waals surface area contributed by atoms with Gasteiger partial charge in [-0.15, -0.1) is 11.8 Å². The molecule has 1 unspecified atom stereocenters. The van der Waals surface area contributed by atoms with Crippen LogP contribution in [0.25, 0.3) is 10.9 Å². The zero-order chi connectivity index (χ0) is 23.2. The molecule has 1 fully saturated rings. The summed E-state index contributed by atoms with van der Waals surface area (Å²) in [4.78, 5) is 33.0. The molecular formula is C24H22ClN3O4S. The summed E-state index contributed by atoms with van der Waals surface area (Å²) in [5.41, 5.74) is 0.767. The zero-order valence-corrected chi connectivity index (χ0v) is 19.8. The monoisotopic (exact) mass is 483 g/mol. The highest BCUT2D eigenvalue weighted by molar-refractivity contribution is 7.98. The minimum Gasteiger partial charge on any atom is -0.490 e. The average Bonchev–Trinajstić information content (AvgIpc) is 2.97. The number of rotatable bonds is 4. The van der Waals surface area contributed by atoms with Crippen LogP contribution in [0.2, 0.25) is 5.15 Å². The van der Waals surface area contributed by atoms with Crippen molar-refractivity contribution in [3.63, 3.8) is 0 Å². The predicted molar refractivity (Wildman–Crippen MR) is 127 cm³/mol. The number of aromatic nitrogens is 1. The lowest BCUT2D eigenvalue weighted by molar-refractivity contribution is -0.131. The van der Waals surface area contributed by atoms with Gasteiger partial charge in [0.15, 0.2) is 11.5 Å².